The fraction of sp³-hybridized carbons (Fsp3) is 0.417. The molecule has 0 aromatic carbocycles. The molecule has 6 nitrogen and oxygen atoms in total. The number of hydrogen-bond donors (Lipinski definition) is 2. The first-order valence-corrected chi connectivity index (χ1v) is 5.62. The molecule has 1 aromatic rings. The van der Waals surface area contributed by atoms with E-state index in [4.69, 9.17) is 10.9 Å². The van der Waals surface area contributed by atoms with E-state index in [9.17, 15) is 4.79 Å². The molecule has 0 radical (unpaired) electrons. The monoisotopic (exact) mass is 250 g/mol. The van der Waals surface area contributed by atoms with Crippen molar-refractivity contribution in [1.82, 2.24) is 9.88 Å². The van der Waals surface area contributed by atoms with Gasteiger partial charge in [-0.05, 0) is 26.0 Å². The summed E-state index contributed by atoms with van der Waals surface area (Å²) in [5.74, 6) is -0.00759. The van der Waals surface area contributed by atoms with Gasteiger partial charge in [-0.25, -0.2) is 0 Å². The highest BCUT2D eigenvalue weighted by molar-refractivity contribution is 5.94. The zero-order chi connectivity index (χ0) is 13.7. The molecule has 0 bridgehead atoms. The lowest BCUT2D eigenvalue weighted by Crippen LogP contribution is -2.37. The van der Waals surface area contributed by atoms with Crippen LogP contribution >= 0.6 is 0 Å². The molecule has 1 rings (SSSR count). The van der Waals surface area contributed by atoms with Crippen molar-refractivity contribution in [2.75, 3.05) is 7.05 Å². The van der Waals surface area contributed by atoms with E-state index in [1.807, 2.05) is 13.8 Å². The largest absolute Gasteiger partial charge is 0.409 e. The van der Waals surface area contributed by atoms with Gasteiger partial charge in [-0.1, -0.05) is 5.16 Å². The number of amidine groups is 1. The van der Waals surface area contributed by atoms with Crippen LogP contribution in [0.2, 0.25) is 0 Å². The summed E-state index contributed by atoms with van der Waals surface area (Å²) in [4.78, 5) is 17.8. The molecular formula is C12H18N4O2. The topological polar surface area (TPSA) is 91.8 Å². The molecule has 1 aromatic heterocycles. The molecule has 6 heteroatoms. The number of carbonyl (C=O) groups is 1. The van der Waals surface area contributed by atoms with Crippen molar-refractivity contribution < 1.29 is 10.0 Å². The third-order valence-corrected chi connectivity index (χ3v) is 2.76. The highest BCUT2D eigenvalue weighted by Gasteiger charge is 2.18. The Morgan fingerprint density at radius 1 is 1.67 bits per heavy atom. The summed E-state index contributed by atoms with van der Waals surface area (Å²) in [5, 5.41) is 11.4. The highest BCUT2D eigenvalue weighted by atomic mass is 16.4. The van der Waals surface area contributed by atoms with Crippen LogP contribution in [0.1, 0.15) is 29.4 Å². The maximum Gasteiger partial charge on any atom is 0.253 e. The van der Waals surface area contributed by atoms with Crippen LogP contribution in [0.25, 0.3) is 0 Å². The smallest absolute Gasteiger partial charge is 0.253 e. The van der Waals surface area contributed by atoms with Gasteiger partial charge in [0.05, 0.1) is 0 Å². The number of rotatable bonds is 4. The van der Waals surface area contributed by atoms with Crippen molar-refractivity contribution >= 4 is 11.7 Å². The quantitative estimate of drug-likeness (QED) is 0.361. The SMILES string of the molecule is Cc1cc(C(=O)N(C)C(C)C/C(N)=N/O)ccn1. The summed E-state index contributed by atoms with van der Waals surface area (Å²) in [6, 6.07) is 3.25. The normalized spacial score (nSPS) is 13.2. The summed E-state index contributed by atoms with van der Waals surface area (Å²) >= 11 is 0. The number of pyridine rings is 1. The predicted molar refractivity (Wildman–Crippen MR) is 68.6 cm³/mol. The second-order valence-corrected chi connectivity index (χ2v) is 4.25. The van der Waals surface area contributed by atoms with Crippen LogP contribution in [-0.4, -0.2) is 39.9 Å². The Hall–Kier alpha value is -2.11. The van der Waals surface area contributed by atoms with Gasteiger partial charge >= 0.3 is 0 Å². The number of nitrogens with two attached hydrogens (primary N) is 1. The van der Waals surface area contributed by atoms with Gasteiger partial charge in [-0.2, -0.15) is 0 Å². The van der Waals surface area contributed by atoms with Crippen molar-refractivity contribution in [3.05, 3.63) is 29.6 Å². The molecule has 3 N–H and O–H groups in total. The summed E-state index contributed by atoms with van der Waals surface area (Å²) in [7, 11) is 1.69. The standard InChI is InChI=1S/C12H18N4O2/c1-8-6-10(4-5-14-8)12(17)16(3)9(2)7-11(13)15-18/h4-6,9,18H,7H2,1-3H3,(H2,13,15). The molecule has 1 amide bonds. The van der Waals surface area contributed by atoms with E-state index in [0.29, 0.717) is 12.0 Å². The minimum atomic E-state index is -0.151. The van der Waals surface area contributed by atoms with Crippen molar-refractivity contribution in [1.29, 1.82) is 0 Å². The third kappa shape index (κ3) is 3.44. The van der Waals surface area contributed by atoms with E-state index in [2.05, 4.69) is 10.1 Å². The first-order valence-electron chi connectivity index (χ1n) is 5.62. The number of oxime groups is 1. The Labute approximate surface area is 106 Å². The number of amides is 1. The van der Waals surface area contributed by atoms with Gasteiger partial charge in [0.1, 0.15) is 5.84 Å². The van der Waals surface area contributed by atoms with Crippen molar-refractivity contribution in [3.8, 4) is 0 Å². The molecule has 0 aliphatic rings. The molecule has 1 unspecified atom stereocenters. The molecule has 0 saturated carbocycles. The molecular weight excluding hydrogens is 232 g/mol. The van der Waals surface area contributed by atoms with E-state index in [1.54, 1.807) is 30.3 Å². The Bertz CT molecular complexity index is 459. The van der Waals surface area contributed by atoms with Crippen LogP contribution in [0.4, 0.5) is 0 Å². The van der Waals surface area contributed by atoms with Crippen LogP contribution in [0.5, 0.6) is 0 Å². The zero-order valence-corrected chi connectivity index (χ0v) is 10.8. The first kappa shape index (κ1) is 14.0. The van der Waals surface area contributed by atoms with Crippen molar-refractivity contribution in [2.24, 2.45) is 10.9 Å². The van der Waals surface area contributed by atoms with Crippen LogP contribution < -0.4 is 5.73 Å². The van der Waals surface area contributed by atoms with Gasteiger partial charge in [-0.15, -0.1) is 0 Å². The van der Waals surface area contributed by atoms with E-state index >= 15 is 0 Å². The average molecular weight is 250 g/mol. The van der Waals surface area contributed by atoms with Crippen molar-refractivity contribution in [2.45, 2.75) is 26.3 Å². The van der Waals surface area contributed by atoms with Crippen LogP contribution in [0.3, 0.4) is 0 Å². The molecule has 0 fully saturated rings. The summed E-state index contributed by atoms with van der Waals surface area (Å²) in [6.07, 6.45) is 1.92. The molecule has 1 heterocycles. The fourth-order valence-corrected chi connectivity index (χ4v) is 1.56. The number of hydrogen-bond acceptors (Lipinski definition) is 4. The fourth-order valence-electron chi connectivity index (χ4n) is 1.56. The van der Waals surface area contributed by atoms with Gasteiger partial charge in [0.2, 0.25) is 0 Å². The molecule has 0 aliphatic carbocycles. The Balaban J connectivity index is 2.78. The summed E-state index contributed by atoms with van der Waals surface area (Å²) in [5.41, 5.74) is 6.80. The van der Waals surface area contributed by atoms with Crippen LogP contribution in [-0.2, 0) is 0 Å². The Morgan fingerprint density at radius 2 is 2.33 bits per heavy atom. The lowest BCUT2D eigenvalue weighted by Gasteiger charge is -2.24. The van der Waals surface area contributed by atoms with Crippen LogP contribution in [0, 0.1) is 6.92 Å². The van der Waals surface area contributed by atoms with Gasteiger partial charge in [0, 0.05) is 37.0 Å². The van der Waals surface area contributed by atoms with E-state index in [-0.39, 0.29) is 17.8 Å². The second-order valence-electron chi connectivity index (χ2n) is 4.25. The molecule has 18 heavy (non-hydrogen) atoms. The van der Waals surface area contributed by atoms with Gasteiger partial charge < -0.3 is 15.8 Å². The number of carbonyl (C=O) groups excluding carboxylic acids is 1. The second kappa shape index (κ2) is 6.00. The van der Waals surface area contributed by atoms with E-state index in [1.165, 1.54) is 0 Å². The molecule has 0 saturated heterocycles. The third-order valence-electron chi connectivity index (χ3n) is 2.76. The van der Waals surface area contributed by atoms with Crippen LogP contribution in [0.15, 0.2) is 23.5 Å². The predicted octanol–water partition coefficient (Wildman–Crippen LogP) is 0.987. The number of aromatic nitrogens is 1. The Kier molecular flexibility index (Phi) is 4.65. The minimum absolute atomic E-state index is 0.105. The van der Waals surface area contributed by atoms with Crippen molar-refractivity contribution in [3.63, 3.8) is 0 Å². The lowest BCUT2D eigenvalue weighted by molar-refractivity contribution is 0.0747. The summed E-state index contributed by atoms with van der Waals surface area (Å²) < 4.78 is 0. The Morgan fingerprint density at radius 3 is 2.89 bits per heavy atom. The van der Waals surface area contributed by atoms with E-state index in [0.717, 1.165) is 5.69 Å². The minimum Gasteiger partial charge on any atom is -0.409 e. The molecule has 1 atom stereocenters. The van der Waals surface area contributed by atoms with Gasteiger partial charge in [-0.3, -0.25) is 9.78 Å². The number of aryl methyl sites for hydroxylation is 1. The summed E-state index contributed by atoms with van der Waals surface area (Å²) in [6.45, 7) is 3.67. The van der Waals surface area contributed by atoms with Gasteiger partial charge in [0.25, 0.3) is 5.91 Å². The number of nitrogens with zero attached hydrogens (tertiary/aromatic N) is 3. The molecule has 0 aliphatic heterocycles. The first-order chi connectivity index (χ1) is 8.45. The lowest BCUT2D eigenvalue weighted by atomic mass is 10.1. The maximum atomic E-state index is 12.2. The van der Waals surface area contributed by atoms with E-state index < -0.39 is 0 Å². The highest BCUT2D eigenvalue weighted by Crippen LogP contribution is 2.09. The van der Waals surface area contributed by atoms with Gasteiger partial charge in [0.15, 0.2) is 0 Å². The maximum absolute atomic E-state index is 12.2. The zero-order valence-electron chi connectivity index (χ0n) is 10.8. The average Bonchev–Trinajstić information content (AvgIpc) is 2.36. The molecule has 0 spiro atoms. The molecule has 98 valence electrons.